The van der Waals surface area contributed by atoms with Gasteiger partial charge in [-0.2, -0.15) is 0 Å². The number of amides is 1. The first-order valence-electron chi connectivity index (χ1n) is 10.9. The predicted molar refractivity (Wildman–Crippen MR) is 112 cm³/mol. The Labute approximate surface area is 179 Å². The highest BCUT2D eigenvalue weighted by atomic mass is 19.1. The van der Waals surface area contributed by atoms with Gasteiger partial charge in [-0.25, -0.2) is 23.7 Å². The standard InChI is InChI=1S/C23H25F2N5O/c1-2-30-13-23(9-20(30)31)5-3-4-14(8-23)6-19-18(25)12-28-22(29-19)17-11-27-21-16(17)7-15(24)10-26-21/h7,10-12,14H,2-6,8-9,13H2,1H3,(H,26,27)/t14-,23-/m1/s1. The third kappa shape index (κ3) is 3.68. The molecule has 5 rings (SSSR count). The van der Waals surface area contributed by atoms with Crippen LogP contribution in [-0.4, -0.2) is 43.8 Å². The first-order valence-corrected chi connectivity index (χ1v) is 10.9. The number of carbonyl (C=O) groups excluding carboxylic acids is 1. The lowest BCUT2D eigenvalue weighted by molar-refractivity contribution is -0.127. The average molecular weight is 425 g/mol. The smallest absolute Gasteiger partial charge is 0.223 e. The molecule has 6 nitrogen and oxygen atoms in total. The van der Waals surface area contributed by atoms with Crippen LogP contribution in [0.3, 0.4) is 0 Å². The number of likely N-dealkylation sites (tertiary alicyclic amines) is 1. The lowest BCUT2D eigenvalue weighted by atomic mass is 9.68. The number of hydrogen-bond donors (Lipinski definition) is 1. The van der Waals surface area contributed by atoms with E-state index in [0.29, 0.717) is 41.0 Å². The van der Waals surface area contributed by atoms with Crippen LogP contribution in [0.15, 0.2) is 24.7 Å². The Balaban J connectivity index is 1.40. The number of hydrogen-bond acceptors (Lipinski definition) is 4. The Morgan fingerprint density at radius 3 is 2.97 bits per heavy atom. The number of pyridine rings is 1. The molecule has 0 radical (unpaired) electrons. The van der Waals surface area contributed by atoms with Gasteiger partial charge in [0.1, 0.15) is 11.5 Å². The summed E-state index contributed by atoms with van der Waals surface area (Å²) in [5.41, 5.74) is 1.53. The first-order chi connectivity index (χ1) is 15.0. The molecular weight excluding hydrogens is 400 g/mol. The topological polar surface area (TPSA) is 74.8 Å². The summed E-state index contributed by atoms with van der Waals surface area (Å²) in [6, 6.07) is 1.38. The van der Waals surface area contributed by atoms with Crippen LogP contribution in [0, 0.1) is 23.0 Å². The minimum absolute atomic E-state index is 0.0163. The zero-order valence-electron chi connectivity index (χ0n) is 17.5. The van der Waals surface area contributed by atoms with E-state index >= 15 is 0 Å². The fraction of sp³-hybridized carbons (Fsp3) is 0.478. The first kappa shape index (κ1) is 20.0. The SMILES string of the molecule is CCN1C[C@@]2(CCC[C@H](Cc3nc(-c4c[nH]c5ncc(F)cc45)ncc3F)C2)CC1=O. The summed E-state index contributed by atoms with van der Waals surface area (Å²) < 4.78 is 28.3. The molecule has 2 atom stereocenters. The van der Waals surface area contributed by atoms with Crippen molar-refractivity contribution in [2.75, 3.05) is 13.1 Å². The zero-order chi connectivity index (χ0) is 21.6. The van der Waals surface area contributed by atoms with Crippen LogP contribution < -0.4 is 0 Å². The van der Waals surface area contributed by atoms with Gasteiger partial charge in [0.15, 0.2) is 11.6 Å². The lowest BCUT2D eigenvalue weighted by Crippen LogP contribution is -2.33. The normalized spacial score (nSPS) is 23.9. The summed E-state index contributed by atoms with van der Waals surface area (Å²) >= 11 is 0. The number of nitrogens with zero attached hydrogens (tertiary/aromatic N) is 4. The molecule has 31 heavy (non-hydrogen) atoms. The molecule has 0 bridgehead atoms. The molecule has 4 heterocycles. The fourth-order valence-electron chi connectivity index (χ4n) is 5.44. The van der Waals surface area contributed by atoms with Crippen LogP contribution in [0.25, 0.3) is 22.4 Å². The van der Waals surface area contributed by atoms with Gasteiger partial charge in [0.25, 0.3) is 0 Å². The number of halogens is 2. The number of H-pyrrole nitrogens is 1. The Kier molecular flexibility index (Phi) is 4.95. The monoisotopic (exact) mass is 425 g/mol. The molecule has 3 aromatic heterocycles. The summed E-state index contributed by atoms with van der Waals surface area (Å²) in [4.78, 5) is 29.9. The van der Waals surface area contributed by atoms with E-state index < -0.39 is 11.6 Å². The molecule has 162 valence electrons. The lowest BCUT2D eigenvalue weighted by Gasteiger charge is -2.37. The Morgan fingerprint density at radius 2 is 2.16 bits per heavy atom. The van der Waals surface area contributed by atoms with Crippen molar-refractivity contribution >= 4 is 16.9 Å². The van der Waals surface area contributed by atoms with Crippen LogP contribution in [0.5, 0.6) is 0 Å². The van der Waals surface area contributed by atoms with Crippen LogP contribution in [0.4, 0.5) is 8.78 Å². The second kappa shape index (κ2) is 7.66. The largest absolute Gasteiger partial charge is 0.345 e. The minimum Gasteiger partial charge on any atom is -0.345 e. The van der Waals surface area contributed by atoms with Gasteiger partial charge in [-0.1, -0.05) is 12.8 Å². The van der Waals surface area contributed by atoms with Crippen LogP contribution in [0.2, 0.25) is 0 Å². The number of aromatic nitrogens is 4. The molecule has 2 aliphatic rings. The van der Waals surface area contributed by atoms with Crippen molar-refractivity contribution in [1.29, 1.82) is 0 Å². The summed E-state index contributed by atoms with van der Waals surface area (Å²) in [7, 11) is 0. The molecule has 1 spiro atoms. The second-order valence-corrected chi connectivity index (χ2v) is 8.99. The van der Waals surface area contributed by atoms with E-state index in [1.807, 2.05) is 11.8 Å². The number of nitrogens with one attached hydrogen (secondary N) is 1. The molecule has 1 amide bonds. The van der Waals surface area contributed by atoms with E-state index in [1.165, 1.54) is 12.3 Å². The molecule has 1 aliphatic heterocycles. The average Bonchev–Trinajstić information content (AvgIpc) is 3.30. The summed E-state index contributed by atoms with van der Waals surface area (Å²) in [6.45, 7) is 3.57. The number of rotatable bonds is 4. The summed E-state index contributed by atoms with van der Waals surface area (Å²) in [5.74, 6) is -0.00841. The molecule has 2 fully saturated rings. The Bertz CT molecular complexity index is 1150. The highest BCUT2D eigenvalue weighted by Gasteiger charge is 2.45. The van der Waals surface area contributed by atoms with Crippen molar-refractivity contribution in [2.45, 2.75) is 45.4 Å². The van der Waals surface area contributed by atoms with Gasteiger partial charge in [0.05, 0.1) is 18.1 Å². The minimum atomic E-state index is -0.449. The van der Waals surface area contributed by atoms with Crippen molar-refractivity contribution in [3.8, 4) is 11.4 Å². The van der Waals surface area contributed by atoms with E-state index in [4.69, 9.17) is 0 Å². The predicted octanol–water partition coefficient (Wildman–Crippen LogP) is 4.27. The van der Waals surface area contributed by atoms with Gasteiger partial charge < -0.3 is 9.88 Å². The van der Waals surface area contributed by atoms with Gasteiger partial charge in [-0.3, -0.25) is 4.79 Å². The molecule has 1 aliphatic carbocycles. The summed E-state index contributed by atoms with van der Waals surface area (Å²) in [5, 5.41) is 0.568. The quantitative estimate of drug-likeness (QED) is 0.677. The molecule has 1 saturated carbocycles. The van der Waals surface area contributed by atoms with Gasteiger partial charge in [0, 0.05) is 36.7 Å². The van der Waals surface area contributed by atoms with Crippen LogP contribution in [-0.2, 0) is 11.2 Å². The number of carbonyl (C=O) groups is 1. The third-order valence-corrected chi connectivity index (χ3v) is 6.87. The van der Waals surface area contributed by atoms with Crippen LogP contribution >= 0.6 is 0 Å². The highest BCUT2D eigenvalue weighted by molar-refractivity contribution is 5.91. The maximum atomic E-state index is 14.6. The van der Waals surface area contributed by atoms with Crippen molar-refractivity contribution < 1.29 is 13.6 Å². The molecule has 1 N–H and O–H groups in total. The van der Waals surface area contributed by atoms with Gasteiger partial charge in [-0.05, 0) is 43.6 Å². The zero-order valence-corrected chi connectivity index (χ0v) is 17.5. The van der Waals surface area contributed by atoms with Gasteiger partial charge in [0.2, 0.25) is 5.91 Å². The number of fused-ring (bicyclic) bond motifs is 1. The van der Waals surface area contributed by atoms with Crippen molar-refractivity contribution in [2.24, 2.45) is 11.3 Å². The van der Waals surface area contributed by atoms with Crippen molar-refractivity contribution in [1.82, 2.24) is 24.8 Å². The molecule has 0 aromatic carbocycles. The molecule has 1 saturated heterocycles. The Hall–Kier alpha value is -2.90. The maximum Gasteiger partial charge on any atom is 0.223 e. The molecule has 8 heteroatoms. The molecule has 0 unspecified atom stereocenters. The van der Waals surface area contributed by atoms with Gasteiger partial charge >= 0.3 is 0 Å². The van der Waals surface area contributed by atoms with E-state index in [2.05, 4.69) is 19.9 Å². The third-order valence-electron chi connectivity index (χ3n) is 6.87. The van der Waals surface area contributed by atoms with E-state index in [1.54, 1.807) is 6.20 Å². The summed E-state index contributed by atoms with van der Waals surface area (Å²) in [6.07, 6.45) is 9.14. The van der Waals surface area contributed by atoms with E-state index in [0.717, 1.165) is 45.0 Å². The Morgan fingerprint density at radius 1 is 1.29 bits per heavy atom. The molecular formula is C23H25F2N5O. The highest BCUT2D eigenvalue weighted by Crippen LogP contribution is 2.47. The second-order valence-electron chi connectivity index (χ2n) is 8.99. The van der Waals surface area contributed by atoms with Crippen molar-refractivity contribution in [3.05, 3.63) is 42.0 Å². The number of aromatic amines is 1. The van der Waals surface area contributed by atoms with E-state index in [9.17, 15) is 13.6 Å². The molecule has 3 aromatic rings. The van der Waals surface area contributed by atoms with Crippen molar-refractivity contribution in [3.63, 3.8) is 0 Å². The van der Waals surface area contributed by atoms with E-state index in [-0.39, 0.29) is 17.2 Å². The van der Waals surface area contributed by atoms with Gasteiger partial charge in [-0.15, -0.1) is 0 Å². The maximum absolute atomic E-state index is 14.6. The fourth-order valence-corrected chi connectivity index (χ4v) is 5.44. The van der Waals surface area contributed by atoms with Crippen LogP contribution in [0.1, 0.15) is 44.7 Å².